The molecule has 22 heavy (non-hydrogen) atoms. The van der Waals surface area contributed by atoms with E-state index in [2.05, 4.69) is 10.4 Å². The summed E-state index contributed by atoms with van der Waals surface area (Å²) in [4.78, 5) is 10.4. The number of hydrogen-bond acceptors (Lipinski definition) is 8. The molecular formula is C13H10N4O4S. The summed E-state index contributed by atoms with van der Waals surface area (Å²) in [6.07, 6.45) is 1.82. The quantitative estimate of drug-likeness (QED) is 0.671. The number of hydrazone groups is 1. The summed E-state index contributed by atoms with van der Waals surface area (Å²) in [5.41, 5.74) is 1.20. The second kappa shape index (κ2) is 4.67. The highest BCUT2D eigenvalue weighted by atomic mass is 32.2. The molecule has 9 heteroatoms. The van der Waals surface area contributed by atoms with Gasteiger partial charge in [0.15, 0.2) is 11.3 Å². The van der Waals surface area contributed by atoms with E-state index in [1.807, 2.05) is 12.3 Å². The van der Waals surface area contributed by atoms with Gasteiger partial charge in [0.1, 0.15) is 5.58 Å². The van der Waals surface area contributed by atoms with E-state index < -0.39 is 4.92 Å². The standard InChI is InChI=1S/C13H10N4O4S/c1-20-13-15-16-6-9(14-12(16)22-13)11-4-7-2-3-8(17(18)19)5-10(7)21-11/h2-6,12,14H,1H3. The monoisotopic (exact) mass is 318 g/mol. The van der Waals surface area contributed by atoms with E-state index in [-0.39, 0.29) is 11.2 Å². The second-order valence-electron chi connectivity index (χ2n) is 4.70. The van der Waals surface area contributed by atoms with Crippen LogP contribution in [0.2, 0.25) is 0 Å². The highest BCUT2D eigenvalue weighted by molar-refractivity contribution is 8.14. The number of rotatable bonds is 2. The van der Waals surface area contributed by atoms with Gasteiger partial charge in [0.2, 0.25) is 0 Å². The van der Waals surface area contributed by atoms with Crippen molar-refractivity contribution in [1.82, 2.24) is 10.3 Å². The Morgan fingerprint density at radius 2 is 2.36 bits per heavy atom. The minimum absolute atomic E-state index is 0.00673. The molecule has 0 saturated carbocycles. The normalized spacial score (nSPS) is 19.7. The van der Waals surface area contributed by atoms with E-state index in [4.69, 9.17) is 9.15 Å². The van der Waals surface area contributed by atoms with Gasteiger partial charge in [0, 0.05) is 11.5 Å². The van der Waals surface area contributed by atoms with E-state index in [0.717, 1.165) is 11.1 Å². The Kier molecular flexibility index (Phi) is 2.76. The number of benzene rings is 1. The number of hydrogen-bond donors (Lipinski definition) is 1. The van der Waals surface area contributed by atoms with Crippen LogP contribution in [-0.4, -0.2) is 27.8 Å². The first-order valence-corrected chi connectivity index (χ1v) is 7.26. The largest absolute Gasteiger partial charge is 0.475 e. The van der Waals surface area contributed by atoms with Gasteiger partial charge in [-0.05, 0) is 23.9 Å². The molecule has 1 atom stereocenters. The van der Waals surface area contributed by atoms with Crippen molar-refractivity contribution in [2.45, 2.75) is 5.50 Å². The number of fused-ring (bicyclic) bond motifs is 2. The Bertz CT molecular complexity index is 844. The van der Waals surface area contributed by atoms with Gasteiger partial charge in [-0.1, -0.05) is 0 Å². The molecule has 8 nitrogen and oxygen atoms in total. The van der Waals surface area contributed by atoms with Crippen LogP contribution in [0, 0.1) is 10.1 Å². The maximum Gasteiger partial charge on any atom is 0.273 e. The molecule has 2 aliphatic rings. The zero-order valence-electron chi connectivity index (χ0n) is 11.3. The molecule has 0 amide bonds. The van der Waals surface area contributed by atoms with E-state index in [1.54, 1.807) is 18.2 Å². The first-order valence-electron chi connectivity index (χ1n) is 6.38. The Balaban J connectivity index is 1.68. The number of methoxy groups -OCH3 is 1. The van der Waals surface area contributed by atoms with Crippen LogP contribution in [0.3, 0.4) is 0 Å². The van der Waals surface area contributed by atoms with E-state index in [9.17, 15) is 10.1 Å². The Hall–Kier alpha value is -2.68. The van der Waals surface area contributed by atoms with Crippen LogP contribution in [0.1, 0.15) is 5.76 Å². The Morgan fingerprint density at radius 1 is 1.50 bits per heavy atom. The Morgan fingerprint density at radius 3 is 3.09 bits per heavy atom. The molecule has 1 unspecified atom stereocenters. The van der Waals surface area contributed by atoms with Crippen molar-refractivity contribution in [1.29, 1.82) is 0 Å². The molecule has 1 aromatic heterocycles. The smallest absolute Gasteiger partial charge is 0.273 e. The lowest BCUT2D eigenvalue weighted by molar-refractivity contribution is -0.384. The number of nitrogens with one attached hydrogen (secondary N) is 1. The van der Waals surface area contributed by atoms with E-state index >= 15 is 0 Å². The minimum atomic E-state index is -0.442. The molecule has 1 N–H and O–H groups in total. The van der Waals surface area contributed by atoms with Crippen molar-refractivity contribution in [3.63, 3.8) is 0 Å². The summed E-state index contributed by atoms with van der Waals surface area (Å²) in [5, 5.41) is 21.5. The summed E-state index contributed by atoms with van der Waals surface area (Å²) in [5.74, 6) is 0.611. The molecule has 0 radical (unpaired) electrons. The van der Waals surface area contributed by atoms with E-state index in [0.29, 0.717) is 16.6 Å². The van der Waals surface area contributed by atoms with Crippen molar-refractivity contribution < 1.29 is 14.1 Å². The summed E-state index contributed by atoms with van der Waals surface area (Å²) in [6, 6.07) is 6.39. The molecule has 0 spiro atoms. The molecule has 112 valence electrons. The lowest BCUT2D eigenvalue weighted by Crippen LogP contribution is -2.25. The van der Waals surface area contributed by atoms with E-state index in [1.165, 1.54) is 23.9 Å². The zero-order chi connectivity index (χ0) is 15.3. The van der Waals surface area contributed by atoms with Crippen LogP contribution in [0.25, 0.3) is 16.7 Å². The maximum absolute atomic E-state index is 10.8. The van der Waals surface area contributed by atoms with Crippen molar-refractivity contribution in [3.8, 4) is 0 Å². The lowest BCUT2D eigenvalue weighted by Gasteiger charge is -2.10. The fraction of sp³-hybridized carbons (Fsp3) is 0.154. The zero-order valence-corrected chi connectivity index (χ0v) is 12.2. The van der Waals surface area contributed by atoms with Gasteiger partial charge in [-0.2, -0.15) is 0 Å². The lowest BCUT2D eigenvalue weighted by atomic mass is 10.2. The summed E-state index contributed by atoms with van der Waals surface area (Å²) in [7, 11) is 1.57. The van der Waals surface area contributed by atoms with Gasteiger partial charge in [-0.25, -0.2) is 5.01 Å². The van der Waals surface area contributed by atoms with Crippen LogP contribution in [0.4, 0.5) is 5.69 Å². The molecule has 0 aliphatic carbocycles. The minimum Gasteiger partial charge on any atom is -0.475 e. The van der Waals surface area contributed by atoms with Crippen molar-refractivity contribution >= 4 is 39.3 Å². The fourth-order valence-electron chi connectivity index (χ4n) is 2.30. The average Bonchev–Trinajstić information content (AvgIpc) is 3.17. The van der Waals surface area contributed by atoms with Crippen LogP contribution in [0.15, 0.2) is 40.0 Å². The third-order valence-electron chi connectivity index (χ3n) is 3.34. The van der Waals surface area contributed by atoms with Gasteiger partial charge < -0.3 is 14.5 Å². The van der Waals surface area contributed by atoms with Crippen molar-refractivity contribution in [2.75, 3.05) is 7.11 Å². The first kappa shape index (κ1) is 13.0. The number of non-ortho nitro benzene ring substituents is 1. The van der Waals surface area contributed by atoms with Crippen LogP contribution >= 0.6 is 11.8 Å². The molecule has 3 heterocycles. The fourth-order valence-corrected chi connectivity index (χ4v) is 3.13. The van der Waals surface area contributed by atoms with Gasteiger partial charge in [0.05, 0.1) is 30.0 Å². The molecule has 0 saturated heterocycles. The topological polar surface area (TPSA) is 93.1 Å². The molecule has 2 aromatic rings. The third kappa shape index (κ3) is 1.98. The van der Waals surface area contributed by atoms with Crippen molar-refractivity contribution in [2.24, 2.45) is 5.10 Å². The molecular weight excluding hydrogens is 308 g/mol. The number of nitro benzene ring substituents is 1. The van der Waals surface area contributed by atoms with Crippen molar-refractivity contribution in [3.05, 3.63) is 46.3 Å². The number of furan rings is 1. The highest BCUT2D eigenvalue weighted by Crippen LogP contribution is 2.35. The number of ether oxygens (including phenoxy) is 1. The van der Waals surface area contributed by atoms with Crippen LogP contribution < -0.4 is 5.32 Å². The van der Waals surface area contributed by atoms with Gasteiger partial charge in [-0.15, -0.1) is 5.10 Å². The molecule has 2 aliphatic heterocycles. The number of nitrogens with zero attached hydrogens (tertiary/aromatic N) is 3. The summed E-state index contributed by atoms with van der Waals surface area (Å²) >= 11 is 1.45. The Labute approximate surface area is 128 Å². The van der Waals surface area contributed by atoms with Gasteiger partial charge in [-0.3, -0.25) is 10.1 Å². The maximum atomic E-state index is 10.8. The van der Waals surface area contributed by atoms with Crippen LogP contribution in [-0.2, 0) is 4.74 Å². The predicted molar refractivity (Wildman–Crippen MR) is 81.6 cm³/mol. The average molecular weight is 318 g/mol. The second-order valence-corrected chi connectivity index (χ2v) is 5.73. The summed E-state index contributed by atoms with van der Waals surface area (Å²) < 4.78 is 10.8. The molecule has 0 fully saturated rings. The van der Waals surface area contributed by atoms with Gasteiger partial charge >= 0.3 is 0 Å². The number of nitro groups is 1. The van der Waals surface area contributed by atoms with Gasteiger partial charge in [0.25, 0.3) is 10.9 Å². The molecule has 4 rings (SSSR count). The SMILES string of the molecule is COC1=NN2C=C(c3cc4ccc([N+](=O)[O-])cc4o3)NC2S1. The third-order valence-corrected chi connectivity index (χ3v) is 4.35. The predicted octanol–water partition coefficient (Wildman–Crippen LogP) is 2.49. The molecule has 1 aromatic carbocycles. The highest BCUT2D eigenvalue weighted by Gasteiger charge is 2.33. The number of thioether (sulfide) groups is 1. The van der Waals surface area contributed by atoms with Crippen LogP contribution in [0.5, 0.6) is 0 Å². The first-order chi connectivity index (χ1) is 10.6. The summed E-state index contributed by atoms with van der Waals surface area (Å²) in [6.45, 7) is 0. The molecule has 0 bridgehead atoms.